The van der Waals surface area contributed by atoms with Gasteiger partial charge in [-0.2, -0.15) is 0 Å². The van der Waals surface area contributed by atoms with Crippen LogP contribution < -0.4 is 4.89 Å². The van der Waals surface area contributed by atoms with Gasteiger partial charge in [0.25, 0.3) is 7.82 Å². The van der Waals surface area contributed by atoms with Crippen LogP contribution in [0.1, 0.15) is 194 Å². The van der Waals surface area contributed by atoms with Crippen molar-refractivity contribution in [3.05, 3.63) is 97.2 Å². The molecule has 65 heavy (non-hydrogen) atoms. The number of rotatable bonds is 47. The van der Waals surface area contributed by atoms with Crippen LogP contribution in [-0.2, 0) is 27.9 Å². The second-order valence-corrected chi connectivity index (χ2v) is 19.6. The summed E-state index contributed by atoms with van der Waals surface area (Å²) in [7, 11) is 1.33. The molecule has 0 aromatic rings. The largest absolute Gasteiger partial charge is 0.756 e. The van der Waals surface area contributed by atoms with Gasteiger partial charge in [-0.1, -0.05) is 188 Å². The summed E-state index contributed by atoms with van der Waals surface area (Å²) in [5.74, 6) is -0.353. The Balaban J connectivity index is 4.21. The first-order valence-corrected chi connectivity index (χ1v) is 27.4. The molecule has 0 amide bonds. The quantitative estimate of drug-likeness (QED) is 0.0197. The standard InChI is InChI=1S/C56H98NO7P/c1-6-8-10-12-14-16-18-20-22-24-26-27-28-29-30-32-34-36-38-40-42-44-46-48-51-61-53-55(54-63-65(59,60)62-52-50-57(3,4)5)64-56(58)49-47-45-43-41-39-37-35-33-31-25-23-21-19-17-15-13-11-9-7-2/h8,10,14-17,20-23,26-27,29-31,33,55H,6-7,9,11-13,18-19,24-25,28,32,34-54H2,1-5H3/b10-8-,16-14-,17-15-,22-20-,23-21-,27-26-,30-29-,33-31-. The second kappa shape index (κ2) is 47.9. The van der Waals surface area contributed by atoms with Crippen molar-refractivity contribution in [2.75, 3.05) is 54.1 Å². The molecule has 9 heteroatoms. The predicted molar refractivity (Wildman–Crippen MR) is 277 cm³/mol. The molecule has 0 N–H and O–H groups in total. The third-order valence-corrected chi connectivity index (χ3v) is 11.6. The first-order valence-electron chi connectivity index (χ1n) is 26.0. The normalized spacial score (nSPS) is 14.4. The Bertz CT molecular complexity index is 1360. The molecule has 0 aliphatic carbocycles. The maximum atomic E-state index is 12.8. The van der Waals surface area contributed by atoms with Crippen molar-refractivity contribution < 1.29 is 37.3 Å². The number of esters is 1. The maximum Gasteiger partial charge on any atom is 0.306 e. The van der Waals surface area contributed by atoms with Crippen LogP contribution >= 0.6 is 7.82 Å². The van der Waals surface area contributed by atoms with Crippen LogP contribution in [0.15, 0.2) is 97.2 Å². The molecule has 0 aliphatic rings. The molecule has 0 aliphatic heterocycles. The molecule has 0 saturated heterocycles. The summed E-state index contributed by atoms with van der Waals surface area (Å²) in [6.07, 6.45) is 65.7. The van der Waals surface area contributed by atoms with Gasteiger partial charge in [0, 0.05) is 13.0 Å². The number of phosphoric acid groups is 1. The molecule has 0 aromatic heterocycles. The van der Waals surface area contributed by atoms with E-state index in [1.165, 1.54) is 70.6 Å². The van der Waals surface area contributed by atoms with E-state index in [0.29, 0.717) is 24.1 Å². The van der Waals surface area contributed by atoms with E-state index in [2.05, 4.69) is 111 Å². The summed E-state index contributed by atoms with van der Waals surface area (Å²) < 4.78 is 34.7. The van der Waals surface area contributed by atoms with Gasteiger partial charge in [0.1, 0.15) is 19.3 Å². The van der Waals surface area contributed by atoms with Gasteiger partial charge in [-0.25, -0.2) is 0 Å². The summed E-state index contributed by atoms with van der Waals surface area (Å²) >= 11 is 0. The minimum Gasteiger partial charge on any atom is -0.756 e. The van der Waals surface area contributed by atoms with Crippen molar-refractivity contribution in [1.29, 1.82) is 0 Å². The van der Waals surface area contributed by atoms with Crippen molar-refractivity contribution in [3.63, 3.8) is 0 Å². The molecule has 0 aromatic carbocycles. The number of phosphoric ester groups is 1. The molecular weight excluding hydrogens is 830 g/mol. The van der Waals surface area contributed by atoms with Gasteiger partial charge in [0.05, 0.1) is 34.4 Å². The van der Waals surface area contributed by atoms with Crippen molar-refractivity contribution in [2.45, 2.75) is 200 Å². The van der Waals surface area contributed by atoms with Crippen LogP contribution in [0.25, 0.3) is 0 Å². The number of carbonyl (C=O) groups is 1. The van der Waals surface area contributed by atoms with E-state index in [-0.39, 0.29) is 25.8 Å². The van der Waals surface area contributed by atoms with Gasteiger partial charge < -0.3 is 27.9 Å². The number of unbranched alkanes of at least 4 members (excludes halogenated alkanes) is 17. The number of hydrogen-bond acceptors (Lipinski definition) is 7. The van der Waals surface area contributed by atoms with Crippen molar-refractivity contribution in [2.24, 2.45) is 0 Å². The molecule has 0 saturated carbocycles. The monoisotopic (exact) mass is 928 g/mol. The van der Waals surface area contributed by atoms with E-state index in [9.17, 15) is 14.3 Å². The zero-order valence-electron chi connectivity index (χ0n) is 42.4. The average molecular weight is 928 g/mol. The number of likely N-dealkylation sites (N-methyl/N-ethyl adjacent to an activating group) is 1. The molecule has 0 rings (SSSR count). The Morgan fingerprint density at radius 3 is 1.34 bits per heavy atom. The Kier molecular flexibility index (Phi) is 46.0. The first-order chi connectivity index (χ1) is 31.6. The zero-order valence-corrected chi connectivity index (χ0v) is 43.3. The van der Waals surface area contributed by atoms with Gasteiger partial charge in [-0.3, -0.25) is 9.36 Å². The van der Waals surface area contributed by atoms with E-state index >= 15 is 0 Å². The van der Waals surface area contributed by atoms with Crippen LogP contribution in [0.3, 0.4) is 0 Å². The van der Waals surface area contributed by atoms with E-state index in [1.807, 2.05) is 21.1 Å². The van der Waals surface area contributed by atoms with Gasteiger partial charge >= 0.3 is 5.97 Å². The average Bonchev–Trinajstić information content (AvgIpc) is 3.27. The zero-order chi connectivity index (χ0) is 47.6. The molecule has 0 radical (unpaired) electrons. The number of hydrogen-bond donors (Lipinski definition) is 0. The summed E-state index contributed by atoms with van der Waals surface area (Å²) in [4.78, 5) is 25.2. The molecule has 0 bridgehead atoms. The SMILES string of the molecule is CC/C=C\C/C=C\C/C=C\C/C=C\C/C=C\CCCCCCCCCCOCC(COP(=O)([O-])OCC[N+](C)(C)C)OC(=O)CCCCCCCC/C=C\C/C=C\C/C=C\CCCCC. The van der Waals surface area contributed by atoms with Crippen LogP contribution in [0.2, 0.25) is 0 Å². The third kappa shape index (κ3) is 52.3. The molecule has 0 spiro atoms. The van der Waals surface area contributed by atoms with Gasteiger partial charge in [0.2, 0.25) is 0 Å². The van der Waals surface area contributed by atoms with Crippen molar-refractivity contribution >= 4 is 13.8 Å². The van der Waals surface area contributed by atoms with Crippen LogP contribution in [-0.4, -0.2) is 70.7 Å². The Morgan fingerprint density at radius 1 is 0.492 bits per heavy atom. The number of carbonyl (C=O) groups excluding carboxylic acids is 1. The van der Waals surface area contributed by atoms with Gasteiger partial charge in [-0.05, 0) is 96.3 Å². The second-order valence-electron chi connectivity index (χ2n) is 18.1. The first kappa shape index (κ1) is 62.4. The van der Waals surface area contributed by atoms with Crippen LogP contribution in [0.4, 0.5) is 0 Å². The van der Waals surface area contributed by atoms with Crippen molar-refractivity contribution in [3.8, 4) is 0 Å². The van der Waals surface area contributed by atoms with Crippen molar-refractivity contribution in [1.82, 2.24) is 0 Å². The minimum absolute atomic E-state index is 0.0161. The summed E-state index contributed by atoms with van der Waals surface area (Å²) in [5, 5.41) is 0. The number of ether oxygens (including phenoxy) is 2. The molecular formula is C56H98NO7P. The maximum absolute atomic E-state index is 12.8. The lowest BCUT2D eigenvalue weighted by atomic mass is 10.1. The minimum atomic E-state index is -4.54. The third-order valence-electron chi connectivity index (χ3n) is 10.6. The molecule has 2 unspecified atom stereocenters. The van der Waals surface area contributed by atoms with Crippen LogP contribution in [0, 0.1) is 0 Å². The molecule has 0 fully saturated rings. The van der Waals surface area contributed by atoms with Crippen LogP contribution in [0.5, 0.6) is 0 Å². The summed E-state index contributed by atoms with van der Waals surface area (Å²) in [5.41, 5.74) is 0. The lowest BCUT2D eigenvalue weighted by molar-refractivity contribution is -0.870. The summed E-state index contributed by atoms with van der Waals surface area (Å²) in [6.45, 7) is 5.22. The van der Waals surface area contributed by atoms with E-state index in [1.54, 1.807) is 0 Å². The fourth-order valence-electron chi connectivity index (χ4n) is 6.64. The van der Waals surface area contributed by atoms with Gasteiger partial charge in [-0.15, -0.1) is 0 Å². The highest BCUT2D eigenvalue weighted by molar-refractivity contribution is 7.45. The topological polar surface area (TPSA) is 94.1 Å². The van der Waals surface area contributed by atoms with E-state index < -0.39 is 13.9 Å². The smallest absolute Gasteiger partial charge is 0.306 e. The van der Waals surface area contributed by atoms with E-state index in [0.717, 1.165) is 103 Å². The fraction of sp³-hybridized carbons (Fsp3) is 0.696. The highest BCUT2D eigenvalue weighted by Crippen LogP contribution is 2.38. The number of nitrogens with zero attached hydrogens (tertiary/aromatic N) is 1. The number of allylic oxidation sites excluding steroid dienone is 16. The molecule has 8 nitrogen and oxygen atoms in total. The Morgan fingerprint density at radius 2 is 0.892 bits per heavy atom. The Hall–Kier alpha value is -2.58. The lowest BCUT2D eigenvalue weighted by Crippen LogP contribution is -2.37. The predicted octanol–water partition coefficient (Wildman–Crippen LogP) is 15.5. The highest BCUT2D eigenvalue weighted by Gasteiger charge is 2.20. The Labute approximate surface area is 400 Å². The fourth-order valence-corrected chi connectivity index (χ4v) is 7.37. The van der Waals surface area contributed by atoms with E-state index in [4.69, 9.17) is 18.5 Å². The van der Waals surface area contributed by atoms with Gasteiger partial charge in [0.15, 0.2) is 0 Å². The highest BCUT2D eigenvalue weighted by atomic mass is 31.2. The molecule has 2 atom stereocenters. The summed E-state index contributed by atoms with van der Waals surface area (Å²) in [6, 6.07) is 0. The number of quaternary nitrogens is 1. The molecule has 374 valence electrons. The molecule has 0 heterocycles. The lowest BCUT2D eigenvalue weighted by Gasteiger charge is -2.28.